The van der Waals surface area contributed by atoms with E-state index >= 15 is 0 Å². The average Bonchev–Trinajstić information content (AvgIpc) is 2.18. The smallest absolute Gasteiger partial charge is 0.0855 e. The molecule has 0 aromatic carbocycles. The maximum absolute atomic E-state index is 9.74. The SMILES string of the molecule is CCNCCc1ccc(C(C)(C)O)cn1. The van der Waals surface area contributed by atoms with Gasteiger partial charge in [0, 0.05) is 30.4 Å². The van der Waals surface area contributed by atoms with Crippen LogP contribution in [0.5, 0.6) is 0 Å². The Hall–Kier alpha value is -0.930. The van der Waals surface area contributed by atoms with Crippen LogP contribution in [0.2, 0.25) is 0 Å². The fraction of sp³-hybridized carbons (Fsp3) is 0.583. The molecule has 0 unspecified atom stereocenters. The van der Waals surface area contributed by atoms with Crippen LogP contribution in [-0.2, 0) is 12.0 Å². The molecule has 84 valence electrons. The maximum Gasteiger partial charge on any atom is 0.0855 e. The van der Waals surface area contributed by atoms with E-state index in [2.05, 4.69) is 17.2 Å². The number of pyridine rings is 1. The van der Waals surface area contributed by atoms with E-state index in [1.165, 1.54) is 0 Å². The molecule has 2 N–H and O–H groups in total. The van der Waals surface area contributed by atoms with Crippen LogP contribution in [0.4, 0.5) is 0 Å². The second-order valence-electron chi connectivity index (χ2n) is 4.20. The van der Waals surface area contributed by atoms with Gasteiger partial charge in [0.15, 0.2) is 0 Å². The highest BCUT2D eigenvalue weighted by molar-refractivity contribution is 5.19. The molecular weight excluding hydrogens is 188 g/mol. The minimum atomic E-state index is -0.798. The van der Waals surface area contributed by atoms with Gasteiger partial charge in [0.25, 0.3) is 0 Å². The van der Waals surface area contributed by atoms with Gasteiger partial charge in [-0.25, -0.2) is 0 Å². The van der Waals surface area contributed by atoms with Gasteiger partial charge in [-0.05, 0) is 26.5 Å². The number of likely N-dealkylation sites (N-methyl/N-ethyl adjacent to an activating group) is 1. The summed E-state index contributed by atoms with van der Waals surface area (Å²) < 4.78 is 0. The molecule has 1 heterocycles. The summed E-state index contributed by atoms with van der Waals surface area (Å²) in [5, 5.41) is 13.0. The van der Waals surface area contributed by atoms with Gasteiger partial charge in [-0.2, -0.15) is 0 Å². The number of nitrogens with one attached hydrogen (secondary N) is 1. The van der Waals surface area contributed by atoms with E-state index in [0.29, 0.717) is 0 Å². The predicted octanol–water partition coefficient (Wildman–Crippen LogP) is 1.46. The minimum absolute atomic E-state index is 0.798. The monoisotopic (exact) mass is 208 g/mol. The fourth-order valence-electron chi connectivity index (χ4n) is 1.33. The van der Waals surface area contributed by atoms with Crippen molar-refractivity contribution in [3.63, 3.8) is 0 Å². The van der Waals surface area contributed by atoms with E-state index < -0.39 is 5.60 Å². The van der Waals surface area contributed by atoms with Crippen LogP contribution in [-0.4, -0.2) is 23.2 Å². The Morgan fingerprint density at radius 3 is 2.60 bits per heavy atom. The lowest BCUT2D eigenvalue weighted by atomic mass is 10.0. The third-order valence-electron chi connectivity index (χ3n) is 2.34. The zero-order valence-electron chi connectivity index (χ0n) is 9.75. The van der Waals surface area contributed by atoms with Gasteiger partial charge < -0.3 is 10.4 Å². The third kappa shape index (κ3) is 3.98. The van der Waals surface area contributed by atoms with Crippen LogP contribution < -0.4 is 5.32 Å². The van der Waals surface area contributed by atoms with Gasteiger partial charge >= 0.3 is 0 Å². The van der Waals surface area contributed by atoms with Crippen molar-refractivity contribution in [1.29, 1.82) is 0 Å². The third-order valence-corrected chi connectivity index (χ3v) is 2.34. The number of hydrogen-bond donors (Lipinski definition) is 2. The first-order valence-electron chi connectivity index (χ1n) is 5.42. The van der Waals surface area contributed by atoms with Crippen LogP contribution in [0.25, 0.3) is 0 Å². The molecule has 15 heavy (non-hydrogen) atoms. The Balaban J connectivity index is 2.57. The molecule has 3 nitrogen and oxygen atoms in total. The van der Waals surface area contributed by atoms with Crippen LogP contribution in [0, 0.1) is 0 Å². The summed E-state index contributed by atoms with van der Waals surface area (Å²) >= 11 is 0. The molecular formula is C12H20N2O. The lowest BCUT2D eigenvalue weighted by Crippen LogP contribution is -2.18. The van der Waals surface area contributed by atoms with Crippen LogP contribution in [0.1, 0.15) is 32.0 Å². The lowest BCUT2D eigenvalue weighted by molar-refractivity contribution is 0.0782. The molecule has 0 radical (unpaired) electrons. The number of hydrogen-bond acceptors (Lipinski definition) is 3. The zero-order chi connectivity index (χ0) is 11.3. The van der Waals surface area contributed by atoms with Crippen molar-refractivity contribution >= 4 is 0 Å². The Bertz CT molecular complexity index is 287. The lowest BCUT2D eigenvalue weighted by Gasteiger charge is -2.17. The van der Waals surface area contributed by atoms with Gasteiger partial charge in [0.05, 0.1) is 5.60 Å². The molecule has 0 amide bonds. The molecule has 1 aromatic rings. The van der Waals surface area contributed by atoms with Gasteiger partial charge in [0.1, 0.15) is 0 Å². The minimum Gasteiger partial charge on any atom is -0.386 e. The molecule has 1 rings (SSSR count). The molecule has 0 spiro atoms. The Kier molecular flexibility index (Phi) is 4.24. The topological polar surface area (TPSA) is 45.1 Å². The van der Waals surface area contributed by atoms with Gasteiger partial charge in [-0.3, -0.25) is 4.98 Å². The Labute approximate surface area is 91.5 Å². The normalized spacial score (nSPS) is 11.7. The molecule has 0 fully saturated rings. The van der Waals surface area contributed by atoms with Crippen LogP contribution in [0.3, 0.4) is 0 Å². The summed E-state index contributed by atoms with van der Waals surface area (Å²) in [7, 11) is 0. The van der Waals surface area contributed by atoms with E-state index in [4.69, 9.17) is 0 Å². The number of aliphatic hydroxyl groups is 1. The van der Waals surface area contributed by atoms with Crippen molar-refractivity contribution in [1.82, 2.24) is 10.3 Å². The molecule has 0 aliphatic rings. The van der Waals surface area contributed by atoms with Crippen molar-refractivity contribution in [3.05, 3.63) is 29.6 Å². The standard InChI is InChI=1S/C12H20N2O/c1-4-13-8-7-11-6-5-10(9-14-11)12(2,3)15/h5-6,9,13,15H,4,7-8H2,1-3H3. The maximum atomic E-state index is 9.74. The molecule has 3 heteroatoms. The van der Waals surface area contributed by atoms with Crippen LogP contribution >= 0.6 is 0 Å². The summed E-state index contributed by atoms with van der Waals surface area (Å²) in [5.41, 5.74) is 1.12. The highest BCUT2D eigenvalue weighted by Crippen LogP contribution is 2.18. The van der Waals surface area contributed by atoms with E-state index in [0.717, 1.165) is 30.8 Å². The second kappa shape index (κ2) is 5.24. The van der Waals surface area contributed by atoms with E-state index in [1.54, 1.807) is 20.0 Å². The van der Waals surface area contributed by atoms with Crippen molar-refractivity contribution in [3.8, 4) is 0 Å². The predicted molar refractivity (Wildman–Crippen MR) is 61.7 cm³/mol. The average molecular weight is 208 g/mol. The highest BCUT2D eigenvalue weighted by atomic mass is 16.3. The van der Waals surface area contributed by atoms with Gasteiger partial charge in [0.2, 0.25) is 0 Å². The molecule has 0 saturated carbocycles. The Morgan fingerprint density at radius 1 is 1.40 bits per heavy atom. The molecule has 0 bridgehead atoms. The molecule has 1 aromatic heterocycles. The van der Waals surface area contributed by atoms with E-state index in [9.17, 15) is 5.11 Å². The first kappa shape index (κ1) is 12.1. The summed E-state index contributed by atoms with van der Waals surface area (Å²) in [5.74, 6) is 0. The number of aromatic nitrogens is 1. The van der Waals surface area contributed by atoms with Crippen molar-refractivity contribution in [2.45, 2.75) is 32.8 Å². The molecule has 0 aliphatic heterocycles. The molecule has 0 atom stereocenters. The quantitative estimate of drug-likeness (QED) is 0.720. The van der Waals surface area contributed by atoms with Crippen molar-refractivity contribution in [2.75, 3.05) is 13.1 Å². The molecule has 0 saturated heterocycles. The number of nitrogens with zero attached hydrogens (tertiary/aromatic N) is 1. The molecule has 0 aliphatic carbocycles. The van der Waals surface area contributed by atoms with Crippen LogP contribution in [0.15, 0.2) is 18.3 Å². The first-order chi connectivity index (χ1) is 7.04. The summed E-state index contributed by atoms with van der Waals surface area (Å²) in [6.07, 6.45) is 2.68. The first-order valence-corrected chi connectivity index (χ1v) is 5.42. The fourth-order valence-corrected chi connectivity index (χ4v) is 1.33. The second-order valence-corrected chi connectivity index (χ2v) is 4.20. The van der Waals surface area contributed by atoms with Crippen molar-refractivity contribution < 1.29 is 5.11 Å². The summed E-state index contributed by atoms with van der Waals surface area (Å²) in [6, 6.07) is 3.92. The van der Waals surface area contributed by atoms with E-state index in [1.807, 2.05) is 12.1 Å². The number of rotatable bonds is 5. The van der Waals surface area contributed by atoms with Gasteiger partial charge in [-0.15, -0.1) is 0 Å². The zero-order valence-corrected chi connectivity index (χ0v) is 9.75. The summed E-state index contributed by atoms with van der Waals surface area (Å²) in [4.78, 5) is 4.32. The highest BCUT2D eigenvalue weighted by Gasteiger charge is 2.15. The largest absolute Gasteiger partial charge is 0.386 e. The van der Waals surface area contributed by atoms with E-state index in [-0.39, 0.29) is 0 Å². The summed E-state index contributed by atoms with van der Waals surface area (Å²) in [6.45, 7) is 7.56. The van der Waals surface area contributed by atoms with Crippen molar-refractivity contribution in [2.24, 2.45) is 0 Å². The van der Waals surface area contributed by atoms with Gasteiger partial charge in [-0.1, -0.05) is 13.0 Å². The Morgan fingerprint density at radius 2 is 2.13 bits per heavy atom.